The molecule has 2 amide bonds. The molecule has 10 nitrogen and oxygen atoms in total. The highest BCUT2D eigenvalue weighted by Crippen LogP contribution is 2.36. The van der Waals surface area contributed by atoms with Gasteiger partial charge in [-0.3, -0.25) is 19.0 Å². The van der Waals surface area contributed by atoms with Crippen molar-refractivity contribution in [3.8, 4) is 11.4 Å². The molecule has 3 aromatic rings. The molecule has 0 radical (unpaired) electrons. The van der Waals surface area contributed by atoms with Gasteiger partial charge in [0.05, 0.1) is 19.1 Å². The van der Waals surface area contributed by atoms with Crippen LogP contribution in [0, 0.1) is 0 Å². The average Bonchev–Trinajstić information content (AvgIpc) is 3.70. The van der Waals surface area contributed by atoms with E-state index in [0.717, 1.165) is 35.7 Å². The summed E-state index contributed by atoms with van der Waals surface area (Å²) >= 11 is 5.97. The van der Waals surface area contributed by atoms with Crippen molar-refractivity contribution < 1.29 is 32.3 Å². The van der Waals surface area contributed by atoms with Gasteiger partial charge in [-0.2, -0.15) is 13.2 Å². The number of esters is 1. The summed E-state index contributed by atoms with van der Waals surface area (Å²) in [7, 11) is 1.17. The fraction of sp³-hybridized carbons (Fsp3) is 0.346. The van der Waals surface area contributed by atoms with Gasteiger partial charge < -0.3 is 15.4 Å². The molecule has 4 rings (SSSR count). The van der Waals surface area contributed by atoms with Crippen LogP contribution < -0.4 is 16.3 Å². The van der Waals surface area contributed by atoms with E-state index in [2.05, 4.69) is 20.5 Å². The Morgan fingerprint density at radius 1 is 1.15 bits per heavy atom. The van der Waals surface area contributed by atoms with Crippen LogP contribution >= 0.6 is 11.6 Å². The predicted molar refractivity (Wildman–Crippen MR) is 137 cm³/mol. The van der Waals surface area contributed by atoms with Gasteiger partial charge in [-0.15, -0.1) is 5.10 Å². The van der Waals surface area contributed by atoms with E-state index >= 15 is 0 Å². The van der Waals surface area contributed by atoms with Crippen LogP contribution in [0.1, 0.15) is 42.5 Å². The number of methoxy groups -OCH3 is 1. The molecule has 1 aliphatic carbocycles. The van der Waals surface area contributed by atoms with Crippen LogP contribution in [0.15, 0.2) is 53.3 Å². The van der Waals surface area contributed by atoms with Crippen molar-refractivity contribution in [2.45, 2.75) is 44.1 Å². The van der Waals surface area contributed by atoms with Gasteiger partial charge >= 0.3 is 17.8 Å². The third-order valence-electron chi connectivity index (χ3n) is 6.15. The summed E-state index contributed by atoms with van der Waals surface area (Å²) in [6.45, 7) is -0.767. The number of carbonyl (C=O) groups is 3. The Hall–Kier alpha value is -4.13. The zero-order valence-electron chi connectivity index (χ0n) is 21.2. The van der Waals surface area contributed by atoms with E-state index in [1.807, 2.05) is 0 Å². The molecule has 212 valence electrons. The number of hydrogen-bond acceptors (Lipinski definition) is 6. The Morgan fingerprint density at radius 3 is 2.48 bits per heavy atom. The highest BCUT2D eigenvalue weighted by atomic mass is 35.5. The van der Waals surface area contributed by atoms with Crippen molar-refractivity contribution in [2.24, 2.45) is 0 Å². The number of ether oxygens (including phenoxy) is 1. The molecule has 14 heteroatoms. The third kappa shape index (κ3) is 6.89. The highest BCUT2D eigenvalue weighted by molar-refractivity contribution is 6.30. The van der Waals surface area contributed by atoms with Crippen molar-refractivity contribution in [1.82, 2.24) is 25.0 Å². The number of nitrogens with one attached hydrogen (secondary N) is 2. The van der Waals surface area contributed by atoms with Crippen LogP contribution in [0.5, 0.6) is 0 Å². The lowest BCUT2D eigenvalue weighted by Crippen LogP contribution is -2.43. The fourth-order valence-corrected chi connectivity index (χ4v) is 4.14. The van der Waals surface area contributed by atoms with Gasteiger partial charge in [0, 0.05) is 23.2 Å². The molecule has 0 bridgehead atoms. The lowest BCUT2D eigenvalue weighted by molar-refractivity contribution is -0.141. The first-order valence-electron chi connectivity index (χ1n) is 12.2. The number of alkyl halides is 3. The minimum atomic E-state index is -4.69. The molecule has 1 aromatic heterocycles. The lowest BCUT2D eigenvalue weighted by atomic mass is 10.0. The van der Waals surface area contributed by atoms with Gasteiger partial charge in [0.1, 0.15) is 12.6 Å². The zero-order valence-corrected chi connectivity index (χ0v) is 22.0. The molecule has 40 heavy (non-hydrogen) atoms. The maximum Gasteiger partial charge on any atom is 0.416 e. The van der Waals surface area contributed by atoms with E-state index in [0.29, 0.717) is 16.4 Å². The summed E-state index contributed by atoms with van der Waals surface area (Å²) in [6, 6.07) is 8.98. The first-order valence-corrected chi connectivity index (χ1v) is 12.6. The SMILES string of the molecule is COC(=O)CCNC(=O)C(NC(=O)Cn1nc(-c2ccc(Cl)cc2)n(C2CC2)c1=O)c1cccc(C(F)(F)F)c1. The van der Waals surface area contributed by atoms with Crippen LogP contribution in [-0.2, 0) is 31.8 Å². The van der Waals surface area contributed by atoms with Gasteiger partial charge in [-0.25, -0.2) is 9.48 Å². The van der Waals surface area contributed by atoms with Crippen LogP contribution in [0.2, 0.25) is 5.02 Å². The minimum absolute atomic E-state index is 0.0755. The van der Waals surface area contributed by atoms with Gasteiger partial charge in [0.2, 0.25) is 11.8 Å². The second kappa shape index (κ2) is 11.9. The number of aromatic nitrogens is 3. The number of hydrogen-bond donors (Lipinski definition) is 2. The first kappa shape index (κ1) is 28.9. The molecule has 2 N–H and O–H groups in total. The number of rotatable bonds is 10. The van der Waals surface area contributed by atoms with Crippen molar-refractivity contribution >= 4 is 29.4 Å². The van der Waals surface area contributed by atoms with Crippen molar-refractivity contribution in [1.29, 1.82) is 0 Å². The number of carbonyl (C=O) groups excluding carboxylic acids is 3. The van der Waals surface area contributed by atoms with Gasteiger partial charge in [0.15, 0.2) is 5.82 Å². The van der Waals surface area contributed by atoms with Crippen LogP contribution in [0.4, 0.5) is 13.2 Å². The van der Waals surface area contributed by atoms with Crippen LogP contribution in [0.25, 0.3) is 11.4 Å². The Kier molecular flexibility index (Phi) is 8.62. The number of amides is 2. The molecule has 1 saturated carbocycles. The van der Waals surface area contributed by atoms with Crippen molar-refractivity contribution in [3.05, 3.63) is 75.2 Å². The highest BCUT2D eigenvalue weighted by Gasteiger charge is 2.33. The van der Waals surface area contributed by atoms with E-state index in [1.165, 1.54) is 17.7 Å². The van der Waals surface area contributed by atoms with Crippen LogP contribution in [0.3, 0.4) is 0 Å². The van der Waals surface area contributed by atoms with E-state index in [4.69, 9.17) is 11.6 Å². The Labute approximate surface area is 231 Å². The number of benzene rings is 2. The lowest BCUT2D eigenvalue weighted by Gasteiger charge is -2.20. The maximum atomic E-state index is 13.3. The second-order valence-corrected chi connectivity index (χ2v) is 9.55. The molecule has 1 fully saturated rings. The van der Waals surface area contributed by atoms with Gasteiger partial charge in [-0.05, 0) is 54.8 Å². The molecule has 2 aromatic carbocycles. The summed E-state index contributed by atoms with van der Waals surface area (Å²) in [5, 5.41) is 9.63. The average molecular weight is 580 g/mol. The number of halogens is 4. The first-order chi connectivity index (χ1) is 19.0. The predicted octanol–water partition coefficient (Wildman–Crippen LogP) is 3.26. The fourth-order valence-electron chi connectivity index (χ4n) is 4.01. The molecule has 0 spiro atoms. The molecule has 1 heterocycles. The van der Waals surface area contributed by atoms with E-state index < -0.39 is 47.8 Å². The smallest absolute Gasteiger partial charge is 0.416 e. The quantitative estimate of drug-likeness (QED) is 0.355. The van der Waals surface area contributed by atoms with Crippen LogP contribution in [-0.4, -0.2) is 45.8 Å². The molecule has 1 aliphatic rings. The summed E-state index contributed by atoms with van der Waals surface area (Å²) in [5.41, 5.74) is -1.09. The molecule has 0 aliphatic heterocycles. The van der Waals surface area contributed by atoms with E-state index in [9.17, 15) is 32.3 Å². The summed E-state index contributed by atoms with van der Waals surface area (Å²) in [6.07, 6.45) is -3.34. The molecule has 1 atom stereocenters. The maximum absolute atomic E-state index is 13.3. The van der Waals surface area contributed by atoms with E-state index in [-0.39, 0.29) is 24.6 Å². The third-order valence-corrected chi connectivity index (χ3v) is 6.40. The summed E-state index contributed by atoms with van der Waals surface area (Å²) < 4.78 is 46.9. The molecule has 1 unspecified atom stereocenters. The van der Waals surface area contributed by atoms with Crippen molar-refractivity contribution in [2.75, 3.05) is 13.7 Å². The largest absolute Gasteiger partial charge is 0.469 e. The molecule has 0 saturated heterocycles. The molecular weight excluding hydrogens is 555 g/mol. The van der Waals surface area contributed by atoms with Gasteiger partial charge in [-0.1, -0.05) is 23.7 Å². The van der Waals surface area contributed by atoms with Crippen molar-refractivity contribution in [3.63, 3.8) is 0 Å². The summed E-state index contributed by atoms with van der Waals surface area (Å²) in [4.78, 5) is 50.5. The molecular formula is C26H25ClF3N5O5. The standard InChI is InChI=1S/C26H25ClF3N5O5/c1-40-21(37)11-12-31-24(38)22(16-3-2-4-17(13-16)26(28,29)30)32-20(36)14-34-25(39)35(19-9-10-19)23(33-34)15-5-7-18(27)8-6-15/h2-8,13,19,22H,9-12,14H2,1H3,(H,31,38)(H,32,36). The monoisotopic (exact) mass is 579 g/mol. The zero-order chi connectivity index (χ0) is 29.0. The second-order valence-electron chi connectivity index (χ2n) is 9.11. The Morgan fingerprint density at radius 2 is 1.85 bits per heavy atom. The Balaban J connectivity index is 1.58. The van der Waals surface area contributed by atoms with E-state index in [1.54, 1.807) is 24.3 Å². The topological polar surface area (TPSA) is 124 Å². The Bertz CT molecular complexity index is 1460. The summed E-state index contributed by atoms with van der Waals surface area (Å²) in [5.74, 6) is -1.96. The number of nitrogens with zero attached hydrogens (tertiary/aromatic N) is 3. The minimum Gasteiger partial charge on any atom is -0.469 e. The van der Waals surface area contributed by atoms with Gasteiger partial charge in [0.25, 0.3) is 0 Å². The normalized spacial score (nSPS) is 13.9.